The molecular weight excluding hydrogens is 226 g/mol. The van der Waals surface area contributed by atoms with Gasteiger partial charge in [-0.3, -0.25) is 0 Å². The third kappa shape index (κ3) is 4.41. The zero-order valence-electron chi connectivity index (χ0n) is 11.7. The third-order valence-electron chi connectivity index (χ3n) is 2.45. The normalized spacial score (nSPS) is 11.2. The first-order valence-corrected chi connectivity index (χ1v) is 6.38. The van der Waals surface area contributed by atoms with Gasteiger partial charge in [-0.05, 0) is 13.0 Å². The standard InChI is InChI=1S/C15H23NO2/c1-5-18-14-10-6-8-13(15(14)17-4)9-7-11-16-12(2)3/h6-10,12,16H,5,11H2,1-4H3. The van der Waals surface area contributed by atoms with E-state index < -0.39 is 0 Å². The lowest BCUT2D eigenvalue weighted by atomic mass is 10.1. The van der Waals surface area contributed by atoms with E-state index in [0.717, 1.165) is 23.6 Å². The van der Waals surface area contributed by atoms with E-state index >= 15 is 0 Å². The Morgan fingerprint density at radius 1 is 1.33 bits per heavy atom. The van der Waals surface area contributed by atoms with Crippen LogP contribution in [0.15, 0.2) is 24.3 Å². The van der Waals surface area contributed by atoms with E-state index in [-0.39, 0.29) is 0 Å². The van der Waals surface area contributed by atoms with E-state index in [4.69, 9.17) is 9.47 Å². The second-order valence-corrected chi connectivity index (χ2v) is 4.28. The summed E-state index contributed by atoms with van der Waals surface area (Å²) in [6, 6.07) is 6.41. The molecule has 0 heterocycles. The van der Waals surface area contributed by atoms with Crippen LogP contribution in [0.2, 0.25) is 0 Å². The molecule has 0 amide bonds. The SMILES string of the molecule is CCOc1cccc(C=CCNC(C)C)c1OC. The van der Waals surface area contributed by atoms with Gasteiger partial charge in [-0.1, -0.05) is 38.1 Å². The van der Waals surface area contributed by atoms with Gasteiger partial charge < -0.3 is 14.8 Å². The van der Waals surface area contributed by atoms with Crippen LogP contribution in [-0.2, 0) is 0 Å². The van der Waals surface area contributed by atoms with Gasteiger partial charge in [0.05, 0.1) is 13.7 Å². The lowest BCUT2D eigenvalue weighted by molar-refractivity contribution is 0.310. The smallest absolute Gasteiger partial charge is 0.167 e. The highest BCUT2D eigenvalue weighted by molar-refractivity contribution is 5.62. The Kier molecular flexibility index (Phi) is 6.29. The van der Waals surface area contributed by atoms with E-state index in [1.54, 1.807) is 7.11 Å². The first kappa shape index (κ1) is 14.6. The van der Waals surface area contributed by atoms with Gasteiger partial charge in [-0.2, -0.15) is 0 Å². The summed E-state index contributed by atoms with van der Waals surface area (Å²) >= 11 is 0. The largest absolute Gasteiger partial charge is 0.492 e. The van der Waals surface area contributed by atoms with Crippen LogP contribution < -0.4 is 14.8 Å². The molecule has 3 nitrogen and oxygen atoms in total. The van der Waals surface area contributed by atoms with Crippen molar-refractivity contribution in [3.8, 4) is 11.5 Å². The minimum absolute atomic E-state index is 0.492. The summed E-state index contributed by atoms with van der Waals surface area (Å²) in [4.78, 5) is 0. The lowest BCUT2D eigenvalue weighted by Gasteiger charge is -2.11. The molecule has 0 spiro atoms. The molecular formula is C15H23NO2. The maximum absolute atomic E-state index is 5.54. The van der Waals surface area contributed by atoms with Gasteiger partial charge in [-0.25, -0.2) is 0 Å². The van der Waals surface area contributed by atoms with Gasteiger partial charge in [0.15, 0.2) is 11.5 Å². The molecule has 1 N–H and O–H groups in total. The molecule has 0 aliphatic rings. The van der Waals surface area contributed by atoms with Crippen LogP contribution in [0.1, 0.15) is 26.3 Å². The van der Waals surface area contributed by atoms with Crippen LogP contribution in [0.5, 0.6) is 11.5 Å². The fourth-order valence-corrected chi connectivity index (χ4v) is 1.64. The van der Waals surface area contributed by atoms with E-state index in [1.807, 2.05) is 25.1 Å². The number of benzene rings is 1. The highest BCUT2D eigenvalue weighted by atomic mass is 16.5. The van der Waals surface area contributed by atoms with Crippen LogP contribution in [0.3, 0.4) is 0 Å². The Bertz CT molecular complexity index is 386. The Morgan fingerprint density at radius 2 is 2.11 bits per heavy atom. The first-order chi connectivity index (χ1) is 8.69. The highest BCUT2D eigenvalue weighted by Gasteiger charge is 2.06. The minimum atomic E-state index is 0.492. The van der Waals surface area contributed by atoms with Crippen LogP contribution in [-0.4, -0.2) is 26.3 Å². The summed E-state index contributed by atoms with van der Waals surface area (Å²) in [5, 5.41) is 3.33. The summed E-state index contributed by atoms with van der Waals surface area (Å²) in [7, 11) is 1.67. The van der Waals surface area contributed by atoms with Gasteiger partial charge in [-0.15, -0.1) is 0 Å². The Morgan fingerprint density at radius 3 is 2.72 bits per heavy atom. The molecule has 0 saturated heterocycles. The molecule has 100 valence electrons. The van der Waals surface area contributed by atoms with Crippen molar-refractivity contribution in [2.24, 2.45) is 0 Å². The molecule has 0 aliphatic heterocycles. The lowest BCUT2D eigenvalue weighted by Crippen LogP contribution is -2.22. The van der Waals surface area contributed by atoms with Crippen molar-refractivity contribution in [2.45, 2.75) is 26.8 Å². The Labute approximate surface area is 110 Å². The average Bonchev–Trinajstić information content (AvgIpc) is 2.35. The van der Waals surface area contributed by atoms with Crippen LogP contribution in [0, 0.1) is 0 Å². The molecule has 1 aromatic rings. The van der Waals surface area contributed by atoms with Crippen molar-refractivity contribution >= 4 is 6.08 Å². The average molecular weight is 249 g/mol. The fraction of sp³-hybridized carbons (Fsp3) is 0.467. The minimum Gasteiger partial charge on any atom is -0.492 e. The van der Waals surface area contributed by atoms with Crippen LogP contribution in [0.4, 0.5) is 0 Å². The van der Waals surface area contributed by atoms with Crippen LogP contribution in [0.25, 0.3) is 6.08 Å². The predicted octanol–water partition coefficient (Wildman–Crippen LogP) is 3.11. The summed E-state index contributed by atoms with van der Waals surface area (Å²) < 4.78 is 10.9. The van der Waals surface area contributed by atoms with Gasteiger partial charge in [0.2, 0.25) is 0 Å². The number of hydrogen-bond acceptors (Lipinski definition) is 3. The first-order valence-electron chi connectivity index (χ1n) is 6.38. The number of methoxy groups -OCH3 is 1. The number of hydrogen-bond donors (Lipinski definition) is 1. The second-order valence-electron chi connectivity index (χ2n) is 4.28. The summed E-state index contributed by atoms with van der Waals surface area (Å²) in [6.07, 6.45) is 4.14. The van der Waals surface area contributed by atoms with Gasteiger partial charge >= 0.3 is 0 Å². The molecule has 1 rings (SSSR count). The quantitative estimate of drug-likeness (QED) is 0.805. The van der Waals surface area contributed by atoms with Crippen molar-refractivity contribution in [1.82, 2.24) is 5.32 Å². The molecule has 0 aromatic heterocycles. The zero-order valence-corrected chi connectivity index (χ0v) is 11.7. The molecule has 0 radical (unpaired) electrons. The zero-order chi connectivity index (χ0) is 13.4. The predicted molar refractivity (Wildman–Crippen MR) is 76.3 cm³/mol. The van der Waals surface area contributed by atoms with E-state index in [9.17, 15) is 0 Å². The number of para-hydroxylation sites is 1. The van der Waals surface area contributed by atoms with Gasteiger partial charge in [0.25, 0.3) is 0 Å². The maximum atomic E-state index is 5.54. The van der Waals surface area contributed by atoms with Crippen molar-refractivity contribution in [2.75, 3.05) is 20.3 Å². The number of ether oxygens (including phenoxy) is 2. The fourth-order valence-electron chi connectivity index (χ4n) is 1.64. The number of nitrogens with one attached hydrogen (secondary N) is 1. The van der Waals surface area contributed by atoms with Crippen molar-refractivity contribution in [3.05, 3.63) is 29.8 Å². The molecule has 18 heavy (non-hydrogen) atoms. The van der Waals surface area contributed by atoms with Crippen molar-refractivity contribution in [3.63, 3.8) is 0 Å². The highest BCUT2D eigenvalue weighted by Crippen LogP contribution is 2.31. The molecule has 0 aliphatic carbocycles. The second kappa shape index (κ2) is 7.77. The number of rotatable bonds is 7. The third-order valence-corrected chi connectivity index (χ3v) is 2.45. The topological polar surface area (TPSA) is 30.5 Å². The van der Waals surface area contributed by atoms with Gasteiger partial charge in [0, 0.05) is 18.2 Å². The van der Waals surface area contributed by atoms with Crippen molar-refractivity contribution < 1.29 is 9.47 Å². The molecule has 0 fully saturated rings. The maximum Gasteiger partial charge on any atom is 0.167 e. The van der Waals surface area contributed by atoms with E-state index in [2.05, 4.69) is 31.3 Å². The van der Waals surface area contributed by atoms with E-state index in [1.165, 1.54) is 0 Å². The van der Waals surface area contributed by atoms with Crippen molar-refractivity contribution in [1.29, 1.82) is 0 Å². The monoisotopic (exact) mass is 249 g/mol. The summed E-state index contributed by atoms with van der Waals surface area (Å²) in [5.74, 6) is 1.58. The molecule has 0 bridgehead atoms. The van der Waals surface area contributed by atoms with E-state index in [0.29, 0.717) is 12.6 Å². The molecule has 0 unspecified atom stereocenters. The Balaban J connectivity index is 2.78. The molecule has 1 aromatic carbocycles. The molecule has 0 saturated carbocycles. The van der Waals surface area contributed by atoms with Gasteiger partial charge in [0.1, 0.15) is 0 Å². The molecule has 0 atom stereocenters. The summed E-state index contributed by atoms with van der Waals surface area (Å²) in [6.45, 7) is 7.71. The van der Waals surface area contributed by atoms with Crippen LogP contribution >= 0.6 is 0 Å². The Hall–Kier alpha value is -1.48. The summed E-state index contributed by atoms with van der Waals surface area (Å²) in [5.41, 5.74) is 1.04. The molecule has 3 heteroatoms.